The first-order valence-electron chi connectivity index (χ1n) is 9.16. The van der Waals surface area contributed by atoms with Gasteiger partial charge in [0.05, 0.1) is 18.8 Å². The lowest BCUT2D eigenvalue weighted by atomic mass is 10.1. The van der Waals surface area contributed by atoms with Crippen LogP contribution in [0.15, 0.2) is 9.52 Å². The van der Waals surface area contributed by atoms with Gasteiger partial charge in [0.2, 0.25) is 0 Å². The topological polar surface area (TPSA) is 93.2 Å². The van der Waals surface area contributed by atoms with E-state index in [2.05, 4.69) is 51.3 Å². The summed E-state index contributed by atoms with van der Waals surface area (Å²) in [6.07, 6.45) is 3.85. The number of fused-ring (bicyclic) bond motifs is 1. The van der Waals surface area contributed by atoms with Crippen molar-refractivity contribution in [2.45, 2.75) is 66.1 Å². The minimum Gasteiger partial charge on any atom is -0.361 e. The number of aromatic nitrogens is 4. The van der Waals surface area contributed by atoms with E-state index in [4.69, 9.17) is 9.52 Å². The minimum atomic E-state index is 0.559. The lowest BCUT2D eigenvalue weighted by Crippen LogP contribution is -2.37. The summed E-state index contributed by atoms with van der Waals surface area (Å²) in [5, 5.41) is 19.3. The highest BCUT2D eigenvalue weighted by Crippen LogP contribution is 2.17. The molecule has 1 aliphatic heterocycles. The maximum atomic E-state index is 5.42. The smallest absolute Gasteiger partial charge is 0.191 e. The summed E-state index contributed by atoms with van der Waals surface area (Å²) in [5.41, 5.74) is 2.09. The van der Waals surface area contributed by atoms with E-state index in [1.807, 2.05) is 0 Å². The Balaban J connectivity index is 1.68. The van der Waals surface area contributed by atoms with Crippen molar-refractivity contribution < 1.29 is 4.52 Å². The molecular weight excluding hydrogens is 318 g/mol. The monoisotopic (exact) mass is 345 g/mol. The average Bonchev–Trinajstić information content (AvgIpc) is 3.32. The Kier molecular flexibility index (Phi) is 5.67. The van der Waals surface area contributed by atoms with Gasteiger partial charge in [-0.3, -0.25) is 0 Å². The largest absolute Gasteiger partial charge is 0.361 e. The third-order valence-electron chi connectivity index (χ3n) is 4.45. The van der Waals surface area contributed by atoms with Gasteiger partial charge in [-0.1, -0.05) is 19.0 Å². The molecule has 8 heteroatoms. The van der Waals surface area contributed by atoms with Gasteiger partial charge in [-0.2, -0.15) is 0 Å². The molecule has 0 atom stereocenters. The first-order chi connectivity index (χ1) is 12.3. The third-order valence-corrected chi connectivity index (χ3v) is 4.45. The maximum Gasteiger partial charge on any atom is 0.191 e. The molecule has 0 unspecified atom stereocenters. The van der Waals surface area contributed by atoms with E-state index >= 15 is 0 Å². The summed E-state index contributed by atoms with van der Waals surface area (Å²) in [4.78, 5) is 4.70. The van der Waals surface area contributed by atoms with Crippen molar-refractivity contribution in [2.24, 2.45) is 4.99 Å². The number of aryl methyl sites for hydroxylation is 3. The number of nitrogens with zero attached hydrogens (tertiary/aromatic N) is 5. The highest BCUT2D eigenvalue weighted by Gasteiger charge is 2.17. The number of aliphatic imine (C=N–C) groups is 1. The second-order valence-electron chi connectivity index (χ2n) is 6.07. The van der Waals surface area contributed by atoms with Crippen LogP contribution in [-0.2, 0) is 38.9 Å². The fourth-order valence-corrected chi connectivity index (χ4v) is 3.12. The predicted octanol–water partition coefficient (Wildman–Crippen LogP) is 1.59. The fraction of sp³-hybridized carbons (Fsp3) is 0.647. The molecule has 0 saturated heterocycles. The van der Waals surface area contributed by atoms with Gasteiger partial charge in [0, 0.05) is 31.5 Å². The fourth-order valence-electron chi connectivity index (χ4n) is 3.12. The van der Waals surface area contributed by atoms with Gasteiger partial charge in [-0.25, -0.2) is 4.99 Å². The molecule has 1 aliphatic rings. The lowest BCUT2D eigenvalue weighted by Gasteiger charge is -2.11. The van der Waals surface area contributed by atoms with E-state index in [0.717, 1.165) is 73.4 Å². The summed E-state index contributed by atoms with van der Waals surface area (Å²) in [7, 11) is 0. The number of guanidine groups is 1. The van der Waals surface area contributed by atoms with Crippen molar-refractivity contribution in [3.05, 3.63) is 28.7 Å². The second-order valence-corrected chi connectivity index (χ2v) is 6.07. The molecule has 0 aliphatic carbocycles. The van der Waals surface area contributed by atoms with Crippen molar-refractivity contribution in [3.63, 3.8) is 0 Å². The number of rotatable bonds is 7. The van der Waals surface area contributed by atoms with Gasteiger partial charge >= 0.3 is 0 Å². The Morgan fingerprint density at radius 2 is 2.08 bits per heavy atom. The predicted molar refractivity (Wildman–Crippen MR) is 95.3 cm³/mol. The highest BCUT2D eigenvalue weighted by atomic mass is 16.5. The number of hydrogen-bond donors (Lipinski definition) is 2. The molecule has 3 rings (SSSR count). The molecule has 0 amide bonds. The zero-order valence-electron chi connectivity index (χ0n) is 15.3. The van der Waals surface area contributed by atoms with Crippen LogP contribution in [-0.4, -0.2) is 32.4 Å². The van der Waals surface area contributed by atoms with Crippen LogP contribution >= 0.6 is 0 Å². The van der Waals surface area contributed by atoms with E-state index in [0.29, 0.717) is 13.1 Å². The zero-order valence-corrected chi connectivity index (χ0v) is 15.3. The summed E-state index contributed by atoms with van der Waals surface area (Å²) in [5.74, 6) is 3.74. The summed E-state index contributed by atoms with van der Waals surface area (Å²) >= 11 is 0. The first-order valence-corrected chi connectivity index (χ1v) is 9.16. The quantitative estimate of drug-likeness (QED) is 0.585. The van der Waals surface area contributed by atoms with Gasteiger partial charge in [-0.05, 0) is 19.8 Å². The molecule has 3 heterocycles. The van der Waals surface area contributed by atoms with E-state index in [-0.39, 0.29) is 0 Å². The average molecular weight is 345 g/mol. The number of hydrogen-bond acceptors (Lipinski definition) is 5. The summed E-state index contributed by atoms with van der Waals surface area (Å²) in [6.45, 7) is 9.19. The molecule has 0 aromatic carbocycles. The van der Waals surface area contributed by atoms with Crippen molar-refractivity contribution >= 4 is 5.96 Å². The molecule has 0 bridgehead atoms. The van der Waals surface area contributed by atoms with Crippen molar-refractivity contribution in [3.8, 4) is 0 Å². The maximum absolute atomic E-state index is 5.42. The lowest BCUT2D eigenvalue weighted by molar-refractivity contribution is 0.380. The molecule has 2 aromatic rings. The Bertz CT molecular complexity index is 710. The van der Waals surface area contributed by atoms with Crippen LogP contribution in [0.4, 0.5) is 0 Å². The molecule has 0 radical (unpaired) electrons. The van der Waals surface area contributed by atoms with Crippen molar-refractivity contribution in [1.29, 1.82) is 0 Å². The minimum absolute atomic E-state index is 0.559. The number of nitrogens with one attached hydrogen (secondary N) is 2. The zero-order chi connectivity index (χ0) is 17.6. The van der Waals surface area contributed by atoms with Gasteiger partial charge in [-0.15, -0.1) is 10.2 Å². The highest BCUT2D eigenvalue weighted by molar-refractivity contribution is 5.79. The summed E-state index contributed by atoms with van der Waals surface area (Å²) in [6, 6.07) is 0. The molecule has 0 saturated carbocycles. The Morgan fingerprint density at radius 3 is 2.84 bits per heavy atom. The van der Waals surface area contributed by atoms with Crippen LogP contribution in [0.3, 0.4) is 0 Å². The van der Waals surface area contributed by atoms with Crippen LogP contribution in [0.2, 0.25) is 0 Å². The normalized spacial score (nSPS) is 14.0. The molecular formula is C17H27N7O. The van der Waals surface area contributed by atoms with Crippen LogP contribution < -0.4 is 10.6 Å². The molecule has 2 N–H and O–H groups in total. The van der Waals surface area contributed by atoms with E-state index < -0.39 is 0 Å². The molecule has 8 nitrogen and oxygen atoms in total. The van der Waals surface area contributed by atoms with Crippen LogP contribution in [0.25, 0.3) is 0 Å². The Morgan fingerprint density at radius 1 is 1.20 bits per heavy atom. The Labute approximate surface area is 148 Å². The van der Waals surface area contributed by atoms with Gasteiger partial charge in [0.25, 0.3) is 0 Å². The SMILES string of the molecule is CCNC(=NCc1c(CC)noc1CC)NCc1nnc2n1CCC2. The molecule has 0 spiro atoms. The first kappa shape index (κ1) is 17.4. The van der Waals surface area contributed by atoms with Crippen molar-refractivity contribution in [1.82, 2.24) is 30.6 Å². The van der Waals surface area contributed by atoms with Crippen LogP contribution in [0.5, 0.6) is 0 Å². The molecule has 2 aromatic heterocycles. The van der Waals surface area contributed by atoms with Crippen molar-refractivity contribution in [2.75, 3.05) is 6.54 Å². The summed E-state index contributed by atoms with van der Waals surface area (Å²) < 4.78 is 7.61. The molecule has 25 heavy (non-hydrogen) atoms. The van der Waals surface area contributed by atoms with E-state index in [9.17, 15) is 0 Å². The van der Waals surface area contributed by atoms with Gasteiger partial charge in [0.1, 0.15) is 11.6 Å². The van der Waals surface area contributed by atoms with Gasteiger partial charge < -0.3 is 19.7 Å². The third kappa shape index (κ3) is 3.83. The molecule has 136 valence electrons. The molecule has 0 fully saturated rings. The van der Waals surface area contributed by atoms with E-state index in [1.165, 1.54) is 0 Å². The van der Waals surface area contributed by atoms with Crippen LogP contribution in [0.1, 0.15) is 55.9 Å². The van der Waals surface area contributed by atoms with E-state index in [1.54, 1.807) is 0 Å². The Hall–Kier alpha value is -2.38. The van der Waals surface area contributed by atoms with Gasteiger partial charge in [0.15, 0.2) is 11.8 Å². The standard InChI is InChI=1S/C17H27N7O/c1-4-13-12(14(5-2)25-23-13)10-19-17(18-6-3)20-11-16-22-21-15-8-7-9-24(15)16/h4-11H2,1-3H3,(H2,18,19,20). The second kappa shape index (κ2) is 8.13. The van der Waals surface area contributed by atoms with Crippen LogP contribution in [0, 0.1) is 0 Å².